The predicted molar refractivity (Wildman–Crippen MR) is 179 cm³/mol. The molecule has 1 fully saturated rings. The maximum Gasteiger partial charge on any atom is 0.247 e. The summed E-state index contributed by atoms with van der Waals surface area (Å²) in [6, 6.07) is 28.4. The predicted octanol–water partition coefficient (Wildman–Crippen LogP) is 5.68. The minimum atomic E-state index is -3.54. The highest BCUT2D eigenvalue weighted by molar-refractivity contribution is 7.89. The Hall–Kier alpha value is -4.54. The SMILES string of the molecule is COc1ccc(CCNC(=O)[C@@H](c2ccccc2)N(Cc2ccc(F)cc2)C(=O)CCc2ccc(S(=O)(=O)N3CCCC3)cc2)cc1. The van der Waals surface area contributed by atoms with Gasteiger partial charge in [0, 0.05) is 32.6 Å². The molecular formula is C37H40FN3O5S. The Morgan fingerprint density at radius 3 is 2.06 bits per heavy atom. The molecule has 4 aromatic rings. The van der Waals surface area contributed by atoms with E-state index >= 15 is 0 Å². The van der Waals surface area contributed by atoms with Gasteiger partial charge in [0.05, 0.1) is 12.0 Å². The number of rotatable bonds is 14. The zero-order valence-electron chi connectivity index (χ0n) is 26.5. The van der Waals surface area contributed by atoms with Crippen molar-refractivity contribution in [2.75, 3.05) is 26.7 Å². The van der Waals surface area contributed by atoms with Crippen molar-refractivity contribution in [1.82, 2.24) is 14.5 Å². The Balaban J connectivity index is 1.34. The molecule has 0 bridgehead atoms. The van der Waals surface area contributed by atoms with E-state index in [9.17, 15) is 22.4 Å². The molecule has 1 atom stereocenters. The van der Waals surface area contributed by atoms with Gasteiger partial charge in [0.25, 0.3) is 0 Å². The molecule has 0 unspecified atom stereocenters. The number of nitrogens with zero attached hydrogens (tertiary/aromatic N) is 2. The summed E-state index contributed by atoms with van der Waals surface area (Å²) in [6.45, 7) is 1.51. The third-order valence-electron chi connectivity index (χ3n) is 8.39. The number of carbonyl (C=O) groups is 2. The second-order valence-electron chi connectivity index (χ2n) is 11.6. The molecule has 246 valence electrons. The van der Waals surface area contributed by atoms with E-state index in [1.807, 2.05) is 54.6 Å². The van der Waals surface area contributed by atoms with E-state index in [1.54, 1.807) is 43.5 Å². The fourth-order valence-corrected chi connectivity index (χ4v) is 7.25. The van der Waals surface area contributed by atoms with E-state index in [0.29, 0.717) is 43.6 Å². The van der Waals surface area contributed by atoms with Crippen LogP contribution in [0, 0.1) is 5.82 Å². The number of halogens is 1. The first kappa shape index (κ1) is 33.8. The quantitative estimate of drug-likeness (QED) is 0.188. The molecule has 4 aromatic carbocycles. The lowest BCUT2D eigenvalue weighted by atomic mass is 10.0. The molecule has 8 nitrogen and oxygen atoms in total. The summed E-state index contributed by atoms with van der Waals surface area (Å²) < 4.78 is 46.4. The lowest BCUT2D eigenvalue weighted by molar-refractivity contribution is -0.141. The Kier molecular flexibility index (Phi) is 11.4. The normalized spacial score (nSPS) is 14.0. The maximum atomic E-state index is 14.0. The van der Waals surface area contributed by atoms with Crippen molar-refractivity contribution in [3.8, 4) is 5.75 Å². The molecule has 47 heavy (non-hydrogen) atoms. The Labute approximate surface area is 276 Å². The second kappa shape index (κ2) is 15.8. The highest BCUT2D eigenvalue weighted by Crippen LogP contribution is 2.26. The largest absolute Gasteiger partial charge is 0.497 e. The van der Waals surface area contributed by atoms with Gasteiger partial charge >= 0.3 is 0 Å². The summed E-state index contributed by atoms with van der Waals surface area (Å²) in [6.07, 6.45) is 2.74. The summed E-state index contributed by atoms with van der Waals surface area (Å²) in [4.78, 5) is 29.7. The van der Waals surface area contributed by atoms with Gasteiger partial charge in [-0.25, -0.2) is 12.8 Å². The van der Waals surface area contributed by atoms with E-state index in [2.05, 4.69) is 5.32 Å². The summed E-state index contributed by atoms with van der Waals surface area (Å²) in [5, 5.41) is 3.02. The van der Waals surface area contributed by atoms with Crippen LogP contribution < -0.4 is 10.1 Å². The van der Waals surface area contributed by atoms with E-state index < -0.39 is 21.9 Å². The van der Waals surface area contributed by atoms with Gasteiger partial charge in [-0.1, -0.05) is 66.7 Å². The molecule has 1 heterocycles. The number of methoxy groups -OCH3 is 1. The van der Waals surface area contributed by atoms with Gasteiger partial charge in [-0.15, -0.1) is 0 Å². The molecule has 1 aliphatic heterocycles. The van der Waals surface area contributed by atoms with Crippen LogP contribution in [0.4, 0.5) is 4.39 Å². The molecule has 5 rings (SSSR count). The van der Waals surface area contributed by atoms with Crippen LogP contribution in [0.5, 0.6) is 5.75 Å². The zero-order chi connectivity index (χ0) is 33.2. The number of ether oxygens (including phenoxy) is 1. The molecule has 0 spiro atoms. The van der Waals surface area contributed by atoms with Crippen molar-refractivity contribution in [3.05, 3.63) is 131 Å². The summed E-state index contributed by atoms with van der Waals surface area (Å²) in [5.41, 5.74) is 3.17. The Morgan fingerprint density at radius 2 is 1.43 bits per heavy atom. The van der Waals surface area contributed by atoms with Crippen molar-refractivity contribution in [3.63, 3.8) is 0 Å². The second-order valence-corrected chi connectivity index (χ2v) is 13.5. The van der Waals surface area contributed by atoms with E-state index in [-0.39, 0.29) is 29.7 Å². The monoisotopic (exact) mass is 657 g/mol. The molecule has 0 radical (unpaired) electrons. The molecule has 1 saturated heterocycles. The molecular weight excluding hydrogens is 617 g/mol. The first-order valence-corrected chi connectivity index (χ1v) is 17.3. The number of nitrogens with one attached hydrogen (secondary N) is 1. The lowest BCUT2D eigenvalue weighted by Crippen LogP contribution is -2.44. The van der Waals surface area contributed by atoms with Gasteiger partial charge in [-0.3, -0.25) is 9.59 Å². The number of sulfonamides is 1. The van der Waals surface area contributed by atoms with Gasteiger partial charge in [-0.05, 0) is 84.3 Å². The Bertz CT molecular complexity index is 1730. The molecule has 1 aliphatic rings. The minimum absolute atomic E-state index is 0.0852. The Morgan fingerprint density at radius 1 is 0.830 bits per heavy atom. The van der Waals surface area contributed by atoms with Gasteiger partial charge in [0.15, 0.2) is 0 Å². The molecule has 1 N–H and O–H groups in total. The maximum absolute atomic E-state index is 14.0. The van der Waals surface area contributed by atoms with Crippen molar-refractivity contribution in [2.45, 2.75) is 49.6 Å². The molecule has 0 aliphatic carbocycles. The lowest BCUT2D eigenvalue weighted by Gasteiger charge is -2.32. The number of benzene rings is 4. The zero-order valence-corrected chi connectivity index (χ0v) is 27.3. The van der Waals surface area contributed by atoms with Crippen LogP contribution in [0.3, 0.4) is 0 Å². The summed E-state index contributed by atoms with van der Waals surface area (Å²) in [5.74, 6) is -0.225. The van der Waals surface area contributed by atoms with Gasteiger partial charge in [0.2, 0.25) is 21.8 Å². The molecule has 0 aromatic heterocycles. The van der Waals surface area contributed by atoms with Crippen LogP contribution in [-0.4, -0.2) is 56.2 Å². The number of aryl methyl sites for hydroxylation is 1. The van der Waals surface area contributed by atoms with Crippen LogP contribution in [0.15, 0.2) is 108 Å². The average molecular weight is 658 g/mol. The number of hydrogen-bond acceptors (Lipinski definition) is 5. The average Bonchev–Trinajstić information content (AvgIpc) is 3.65. The minimum Gasteiger partial charge on any atom is -0.497 e. The van der Waals surface area contributed by atoms with Crippen LogP contribution in [0.1, 0.15) is 47.6 Å². The highest BCUT2D eigenvalue weighted by Gasteiger charge is 2.31. The number of hydrogen-bond donors (Lipinski definition) is 1. The van der Waals surface area contributed by atoms with Crippen LogP contribution in [0.25, 0.3) is 0 Å². The van der Waals surface area contributed by atoms with Crippen molar-refractivity contribution >= 4 is 21.8 Å². The van der Waals surface area contributed by atoms with E-state index in [0.717, 1.165) is 29.7 Å². The van der Waals surface area contributed by atoms with E-state index in [4.69, 9.17) is 4.74 Å². The fourth-order valence-electron chi connectivity index (χ4n) is 5.74. The molecule has 2 amide bonds. The first-order chi connectivity index (χ1) is 22.7. The van der Waals surface area contributed by atoms with Gasteiger partial charge < -0.3 is 15.0 Å². The molecule has 10 heteroatoms. The fraction of sp³-hybridized carbons (Fsp3) is 0.297. The van der Waals surface area contributed by atoms with Crippen LogP contribution >= 0.6 is 0 Å². The summed E-state index contributed by atoms with van der Waals surface area (Å²) >= 11 is 0. The van der Waals surface area contributed by atoms with Crippen molar-refractivity contribution in [2.24, 2.45) is 0 Å². The van der Waals surface area contributed by atoms with Crippen LogP contribution in [-0.2, 0) is 39.0 Å². The van der Waals surface area contributed by atoms with Crippen LogP contribution in [0.2, 0.25) is 0 Å². The van der Waals surface area contributed by atoms with Gasteiger partial charge in [-0.2, -0.15) is 4.31 Å². The van der Waals surface area contributed by atoms with Gasteiger partial charge in [0.1, 0.15) is 17.6 Å². The molecule has 0 saturated carbocycles. The van der Waals surface area contributed by atoms with E-state index in [1.165, 1.54) is 21.3 Å². The topological polar surface area (TPSA) is 96.0 Å². The number of amides is 2. The standard InChI is InChI=1S/C37H40FN3O5S/c1-46-33-18-11-29(12-19-33)23-24-39-37(43)36(31-7-3-2-4-8-31)41(27-30-9-16-32(38)17-10-30)35(42)22-15-28-13-20-34(21-14-28)47(44,45)40-25-5-6-26-40/h2-4,7-14,16-21,36H,5-6,15,22-27H2,1H3,(H,39,43)/t36-/m1/s1. The van der Waals surface area contributed by atoms with Crippen molar-refractivity contribution in [1.29, 1.82) is 0 Å². The third kappa shape index (κ3) is 8.84. The third-order valence-corrected chi connectivity index (χ3v) is 10.3. The highest BCUT2D eigenvalue weighted by atomic mass is 32.2. The van der Waals surface area contributed by atoms with Crippen molar-refractivity contribution < 1.29 is 27.1 Å². The smallest absolute Gasteiger partial charge is 0.247 e. The summed E-state index contributed by atoms with van der Waals surface area (Å²) in [7, 11) is -1.93. The number of carbonyl (C=O) groups excluding carboxylic acids is 2. The first-order valence-electron chi connectivity index (χ1n) is 15.8.